The summed E-state index contributed by atoms with van der Waals surface area (Å²) < 4.78 is 27.7. The van der Waals surface area contributed by atoms with Crippen LogP contribution in [0.5, 0.6) is 0 Å². The Kier molecular flexibility index (Phi) is 2.21. The van der Waals surface area contributed by atoms with Gasteiger partial charge in [0, 0.05) is 17.4 Å². The van der Waals surface area contributed by atoms with Gasteiger partial charge in [0.2, 0.25) is 0 Å². The molecule has 0 atom stereocenters. The van der Waals surface area contributed by atoms with Gasteiger partial charge in [-0.05, 0) is 18.2 Å². The fourth-order valence-corrected chi connectivity index (χ4v) is 1.35. The van der Waals surface area contributed by atoms with Gasteiger partial charge in [-0.1, -0.05) is 11.6 Å². The fraction of sp³-hybridized carbons (Fsp3) is 0. The molecule has 0 aliphatic rings. The maximum absolute atomic E-state index is 13.3. The maximum Gasteiger partial charge on any atom is 0.153 e. The molecule has 72 valence electrons. The van der Waals surface area contributed by atoms with Crippen molar-refractivity contribution in [3.63, 3.8) is 0 Å². The van der Waals surface area contributed by atoms with Crippen molar-refractivity contribution in [2.75, 3.05) is 0 Å². The highest BCUT2D eigenvalue weighted by Crippen LogP contribution is 2.21. The normalized spacial score (nSPS) is 10.5. The van der Waals surface area contributed by atoms with Crippen molar-refractivity contribution < 1.29 is 8.78 Å². The first-order valence-electron chi connectivity index (χ1n) is 3.83. The molecule has 2 aromatic rings. The van der Waals surface area contributed by atoms with Crippen LogP contribution in [-0.2, 0) is 0 Å². The minimum Gasteiger partial charge on any atom is -0.235 e. The lowest BCUT2D eigenvalue weighted by molar-refractivity contribution is 0.560. The van der Waals surface area contributed by atoms with E-state index in [4.69, 9.17) is 11.6 Å². The molecule has 0 radical (unpaired) electrons. The zero-order valence-corrected chi connectivity index (χ0v) is 7.67. The van der Waals surface area contributed by atoms with Crippen LogP contribution >= 0.6 is 11.6 Å². The number of nitrogens with zero attached hydrogens (tertiary/aromatic N) is 2. The highest BCUT2D eigenvalue weighted by atomic mass is 35.5. The van der Waals surface area contributed by atoms with Crippen molar-refractivity contribution in [1.29, 1.82) is 0 Å². The first kappa shape index (κ1) is 9.15. The molecule has 2 nitrogen and oxygen atoms in total. The first-order valence-corrected chi connectivity index (χ1v) is 4.21. The standard InChI is InChI=1S/C9H5ClF2N2/c10-6-4-7(11)9(8(12)5-6)14-3-1-2-13-14/h1-5H. The van der Waals surface area contributed by atoms with Crippen molar-refractivity contribution in [3.8, 4) is 5.69 Å². The van der Waals surface area contributed by atoms with E-state index in [9.17, 15) is 8.78 Å². The summed E-state index contributed by atoms with van der Waals surface area (Å²) in [4.78, 5) is 0. The lowest BCUT2D eigenvalue weighted by Crippen LogP contribution is -2.01. The molecule has 1 aromatic heterocycles. The predicted octanol–water partition coefficient (Wildman–Crippen LogP) is 2.80. The average molecular weight is 215 g/mol. The average Bonchev–Trinajstić information content (AvgIpc) is 2.54. The van der Waals surface area contributed by atoms with E-state index in [1.165, 1.54) is 12.4 Å². The van der Waals surface area contributed by atoms with Gasteiger partial charge in [0.25, 0.3) is 0 Å². The van der Waals surface area contributed by atoms with Crippen LogP contribution in [0.3, 0.4) is 0 Å². The minimum absolute atomic E-state index is 0.0240. The lowest BCUT2D eigenvalue weighted by Gasteiger charge is -2.04. The van der Waals surface area contributed by atoms with Gasteiger partial charge in [0.05, 0.1) is 0 Å². The Labute approximate surface area is 83.7 Å². The number of benzene rings is 1. The number of halogens is 3. The van der Waals surface area contributed by atoms with Crippen LogP contribution in [0.4, 0.5) is 8.78 Å². The third-order valence-corrected chi connectivity index (χ3v) is 1.93. The Bertz CT molecular complexity index is 431. The second kappa shape index (κ2) is 3.38. The van der Waals surface area contributed by atoms with Crippen LogP contribution in [0.1, 0.15) is 0 Å². The molecule has 0 saturated heterocycles. The minimum atomic E-state index is -0.737. The summed E-state index contributed by atoms with van der Waals surface area (Å²) in [6.45, 7) is 0. The summed E-state index contributed by atoms with van der Waals surface area (Å²) in [5.74, 6) is -1.47. The third-order valence-electron chi connectivity index (χ3n) is 1.72. The maximum atomic E-state index is 13.3. The summed E-state index contributed by atoms with van der Waals surface area (Å²) in [7, 11) is 0. The van der Waals surface area contributed by atoms with E-state index in [2.05, 4.69) is 5.10 Å². The van der Waals surface area contributed by atoms with E-state index >= 15 is 0 Å². The smallest absolute Gasteiger partial charge is 0.153 e. The molecule has 1 aromatic carbocycles. The number of aromatic nitrogens is 2. The van der Waals surface area contributed by atoms with Crippen molar-refractivity contribution in [1.82, 2.24) is 9.78 Å². The first-order chi connectivity index (χ1) is 6.68. The predicted molar refractivity (Wildman–Crippen MR) is 48.5 cm³/mol. The summed E-state index contributed by atoms with van der Waals surface area (Å²) >= 11 is 5.47. The highest BCUT2D eigenvalue weighted by Gasteiger charge is 2.12. The van der Waals surface area contributed by atoms with E-state index in [1.807, 2.05) is 0 Å². The molecule has 0 aliphatic heterocycles. The van der Waals surface area contributed by atoms with Crippen LogP contribution in [-0.4, -0.2) is 9.78 Å². The van der Waals surface area contributed by atoms with Crippen molar-refractivity contribution >= 4 is 11.6 Å². The number of rotatable bonds is 1. The molecule has 0 saturated carbocycles. The summed E-state index contributed by atoms with van der Waals surface area (Å²) in [6, 6.07) is 3.66. The van der Waals surface area contributed by atoms with Crippen LogP contribution < -0.4 is 0 Å². The molecule has 0 fully saturated rings. The zero-order valence-electron chi connectivity index (χ0n) is 6.92. The van der Waals surface area contributed by atoms with Gasteiger partial charge >= 0.3 is 0 Å². The van der Waals surface area contributed by atoms with Crippen LogP contribution in [0.25, 0.3) is 5.69 Å². The molecular formula is C9H5ClF2N2. The molecular weight excluding hydrogens is 210 g/mol. The van der Waals surface area contributed by atoms with Gasteiger partial charge in [-0.25, -0.2) is 13.5 Å². The summed E-state index contributed by atoms with van der Waals surface area (Å²) in [6.07, 6.45) is 2.89. The molecule has 0 bridgehead atoms. The zero-order chi connectivity index (χ0) is 10.1. The van der Waals surface area contributed by atoms with Gasteiger partial charge in [-0.3, -0.25) is 0 Å². The number of hydrogen-bond acceptors (Lipinski definition) is 1. The van der Waals surface area contributed by atoms with E-state index < -0.39 is 11.6 Å². The van der Waals surface area contributed by atoms with Gasteiger partial charge in [0.1, 0.15) is 5.69 Å². The van der Waals surface area contributed by atoms with Gasteiger partial charge in [-0.2, -0.15) is 5.10 Å². The quantitative estimate of drug-likeness (QED) is 0.714. The monoisotopic (exact) mass is 214 g/mol. The molecule has 0 N–H and O–H groups in total. The van der Waals surface area contributed by atoms with Crippen LogP contribution in [0.15, 0.2) is 30.6 Å². The SMILES string of the molecule is Fc1cc(Cl)cc(F)c1-n1cccn1. The second-order valence-corrected chi connectivity index (χ2v) is 3.11. The van der Waals surface area contributed by atoms with Crippen molar-refractivity contribution in [2.45, 2.75) is 0 Å². The molecule has 5 heteroatoms. The largest absolute Gasteiger partial charge is 0.235 e. The van der Waals surface area contributed by atoms with Crippen LogP contribution in [0.2, 0.25) is 5.02 Å². The van der Waals surface area contributed by atoms with Crippen molar-refractivity contribution in [2.24, 2.45) is 0 Å². The lowest BCUT2D eigenvalue weighted by atomic mass is 10.3. The molecule has 14 heavy (non-hydrogen) atoms. The molecule has 0 aliphatic carbocycles. The Morgan fingerprint density at radius 3 is 2.36 bits per heavy atom. The van der Waals surface area contributed by atoms with Gasteiger partial charge in [0.15, 0.2) is 11.6 Å². The Balaban J connectivity index is 2.64. The van der Waals surface area contributed by atoms with Crippen molar-refractivity contribution in [3.05, 3.63) is 47.2 Å². The molecule has 1 heterocycles. The summed E-state index contributed by atoms with van der Waals surface area (Å²) in [5.41, 5.74) is -0.223. The Hall–Kier alpha value is -1.42. The topological polar surface area (TPSA) is 17.8 Å². The molecule has 0 spiro atoms. The Morgan fingerprint density at radius 1 is 1.21 bits per heavy atom. The molecule has 2 rings (SSSR count). The number of hydrogen-bond donors (Lipinski definition) is 0. The van der Waals surface area contributed by atoms with Gasteiger partial charge in [-0.15, -0.1) is 0 Å². The van der Waals surface area contributed by atoms with E-state index in [0.29, 0.717) is 0 Å². The van der Waals surface area contributed by atoms with Gasteiger partial charge < -0.3 is 0 Å². The highest BCUT2D eigenvalue weighted by molar-refractivity contribution is 6.30. The molecule has 0 unspecified atom stereocenters. The molecule has 0 amide bonds. The van der Waals surface area contributed by atoms with E-state index in [0.717, 1.165) is 16.8 Å². The van der Waals surface area contributed by atoms with E-state index in [1.54, 1.807) is 6.07 Å². The summed E-state index contributed by atoms with van der Waals surface area (Å²) in [5, 5.41) is 3.76. The fourth-order valence-electron chi connectivity index (χ4n) is 1.15. The van der Waals surface area contributed by atoms with Crippen LogP contribution in [0, 0.1) is 11.6 Å². The van der Waals surface area contributed by atoms with E-state index in [-0.39, 0.29) is 10.7 Å². The Morgan fingerprint density at radius 2 is 1.86 bits per heavy atom. The third kappa shape index (κ3) is 1.48. The second-order valence-electron chi connectivity index (χ2n) is 2.67.